The van der Waals surface area contributed by atoms with E-state index in [0.29, 0.717) is 4.90 Å². The number of rotatable bonds is 6. The van der Waals surface area contributed by atoms with Crippen LogP contribution in [0.5, 0.6) is 0 Å². The lowest BCUT2D eigenvalue weighted by molar-refractivity contribution is -0.149. The highest BCUT2D eigenvalue weighted by Crippen LogP contribution is 2.28. The Labute approximate surface area is 148 Å². The van der Waals surface area contributed by atoms with Gasteiger partial charge in [-0.1, -0.05) is 12.1 Å². The lowest BCUT2D eigenvalue weighted by Crippen LogP contribution is -2.46. The van der Waals surface area contributed by atoms with Gasteiger partial charge < -0.3 is 14.8 Å². The first-order valence-electron chi connectivity index (χ1n) is 7.41. The van der Waals surface area contributed by atoms with Crippen LogP contribution in [0.2, 0.25) is 0 Å². The number of thioether (sulfide) groups is 1. The highest BCUT2D eigenvalue weighted by molar-refractivity contribution is 7.99. The summed E-state index contributed by atoms with van der Waals surface area (Å²) in [5.74, 6) is -1.53. The summed E-state index contributed by atoms with van der Waals surface area (Å²) in [4.78, 5) is 47.4. The Morgan fingerprint density at radius 1 is 1.28 bits per heavy atom. The molecule has 0 bridgehead atoms. The summed E-state index contributed by atoms with van der Waals surface area (Å²) in [5, 5.41) is 4.74. The molecule has 2 rings (SSSR count). The molecule has 0 aliphatic carbocycles. The Morgan fingerprint density at radius 3 is 2.56 bits per heavy atom. The maximum Gasteiger partial charge on any atom is 0.346 e. The number of esters is 2. The van der Waals surface area contributed by atoms with E-state index >= 15 is 0 Å². The third kappa shape index (κ3) is 4.30. The average molecular weight is 366 g/mol. The van der Waals surface area contributed by atoms with E-state index in [1.165, 1.54) is 25.8 Å². The van der Waals surface area contributed by atoms with Gasteiger partial charge >= 0.3 is 18.0 Å². The molecule has 0 aromatic heterocycles. The lowest BCUT2D eigenvalue weighted by atomic mass is 10.1. The molecule has 0 saturated carbocycles. The summed E-state index contributed by atoms with van der Waals surface area (Å²) in [6.07, 6.45) is -1.03. The largest absolute Gasteiger partial charge is 0.466 e. The van der Waals surface area contributed by atoms with Crippen LogP contribution in [-0.4, -0.2) is 48.4 Å². The monoisotopic (exact) mass is 366 g/mol. The van der Waals surface area contributed by atoms with Gasteiger partial charge in [0.15, 0.2) is 6.10 Å². The van der Waals surface area contributed by atoms with Gasteiger partial charge in [0.25, 0.3) is 5.91 Å². The topological polar surface area (TPSA) is 111 Å². The molecule has 1 aromatic carbocycles. The normalized spacial score (nSPS) is 20.4. The fourth-order valence-electron chi connectivity index (χ4n) is 2.10. The number of nitrogens with one attached hydrogen (secondary N) is 2. The van der Waals surface area contributed by atoms with E-state index < -0.39 is 35.5 Å². The van der Waals surface area contributed by atoms with E-state index in [0.717, 1.165) is 0 Å². The number of amides is 3. The highest BCUT2D eigenvalue weighted by atomic mass is 32.2. The fourth-order valence-corrected chi connectivity index (χ4v) is 3.23. The molecule has 3 amide bonds. The molecule has 1 saturated heterocycles. The fraction of sp³-hybridized carbons (Fsp3) is 0.375. The molecule has 1 aliphatic heterocycles. The number of hydrogen-bond acceptors (Lipinski definition) is 7. The molecule has 8 nitrogen and oxygen atoms in total. The number of ether oxygens (including phenoxy) is 2. The molecule has 25 heavy (non-hydrogen) atoms. The first-order valence-corrected chi connectivity index (χ1v) is 8.39. The molecule has 9 heteroatoms. The quantitative estimate of drug-likeness (QED) is 0.440. The summed E-state index contributed by atoms with van der Waals surface area (Å²) < 4.78 is 9.61. The van der Waals surface area contributed by atoms with Gasteiger partial charge in [0.05, 0.1) is 12.7 Å². The van der Waals surface area contributed by atoms with E-state index in [4.69, 9.17) is 4.74 Å². The average Bonchev–Trinajstić information content (AvgIpc) is 2.84. The molecule has 1 heterocycles. The predicted molar refractivity (Wildman–Crippen MR) is 89.1 cm³/mol. The van der Waals surface area contributed by atoms with E-state index in [2.05, 4.69) is 15.4 Å². The predicted octanol–water partition coefficient (Wildman–Crippen LogP) is 1.10. The van der Waals surface area contributed by atoms with Crippen molar-refractivity contribution < 1.29 is 28.7 Å². The Balaban J connectivity index is 2.10. The zero-order valence-electron chi connectivity index (χ0n) is 14.0. The van der Waals surface area contributed by atoms with E-state index in [1.807, 2.05) is 0 Å². The number of urea groups is 1. The van der Waals surface area contributed by atoms with Gasteiger partial charge in [-0.3, -0.25) is 10.1 Å². The van der Waals surface area contributed by atoms with Crippen molar-refractivity contribution in [3.05, 3.63) is 29.8 Å². The van der Waals surface area contributed by atoms with Gasteiger partial charge in [-0.15, -0.1) is 11.8 Å². The third-order valence-electron chi connectivity index (χ3n) is 3.56. The van der Waals surface area contributed by atoms with Crippen LogP contribution in [0.25, 0.3) is 0 Å². The third-order valence-corrected chi connectivity index (χ3v) is 4.95. The molecule has 2 atom stereocenters. The minimum absolute atomic E-state index is 0.224. The van der Waals surface area contributed by atoms with Crippen LogP contribution in [0.1, 0.15) is 24.2 Å². The molecule has 0 radical (unpaired) electrons. The van der Waals surface area contributed by atoms with Crippen molar-refractivity contribution >= 4 is 35.6 Å². The number of methoxy groups -OCH3 is 1. The molecule has 1 aromatic rings. The summed E-state index contributed by atoms with van der Waals surface area (Å²) in [7, 11) is 1.21. The van der Waals surface area contributed by atoms with Crippen LogP contribution >= 0.6 is 11.8 Å². The molecular weight excluding hydrogens is 348 g/mol. The van der Waals surface area contributed by atoms with Crippen molar-refractivity contribution in [3.8, 4) is 0 Å². The van der Waals surface area contributed by atoms with Crippen molar-refractivity contribution in [1.82, 2.24) is 10.6 Å². The van der Waals surface area contributed by atoms with E-state index in [-0.39, 0.29) is 11.3 Å². The van der Waals surface area contributed by atoms with Crippen LogP contribution in [0.4, 0.5) is 4.79 Å². The Hall–Kier alpha value is -2.55. The SMILES string of the molecule is COC(=O)[C@@H](C)OC(=O)c1ccccc1SC[C@]1(C)NC(=O)NC1=O. The molecule has 1 fully saturated rings. The number of imide groups is 1. The van der Waals surface area contributed by atoms with Crippen molar-refractivity contribution in [3.63, 3.8) is 0 Å². The number of benzene rings is 1. The molecule has 0 unspecified atom stereocenters. The molecule has 134 valence electrons. The Morgan fingerprint density at radius 2 is 1.96 bits per heavy atom. The van der Waals surface area contributed by atoms with Crippen molar-refractivity contribution in [2.24, 2.45) is 0 Å². The van der Waals surface area contributed by atoms with Gasteiger partial charge in [0.1, 0.15) is 5.54 Å². The van der Waals surface area contributed by atoms with Crippen molar-refractivity contribution in [1.29, 1.82) is 0 Å². The summed E-state index contributed by atoms with van der Waals surface area (Å²) in [6.45, 7) is 3.01. The minimum Gasteiger partial charge on any atom is -0.466 e. The maximum absolute atomic E-state index is 12.3. The first kappa shape index (κ1) is 18.8. The van der Waals surface area contributed by atoms with Crippen LogP contribution < -0.4 is 10.6 Å². The minimum atomic E-state index is -1.07. The molecule has 2 N–H and O–H groups in total. The van der Waals surface area contributed by atoms with E-state index in [9.17, 15) is 19.2 Å². The smallest absolute Gasteiger partial charge is 0.346 e. The second kappa shape index (κ2) is 7.56. The van der Waals surface area contributed by atoms with Gasteiger partial charge in [-0.25, -0.2) is 14.4 Å². The number of carbonyl (C=O) groups is 4. The highest BCUT2D eigenvalue weighted by Gasteiger charge is 2.42. The summed E-state index contributed by atoms with van der Waals surface area (Å²) in [6, 6.07) is 6.10. The van der Waals surface area contributed by atoms with Crippen LogP contribution in [0.3, 0.4) is 0 Å². The van der Waals surface area contributed by atoms with Crippen LogP contribution in [0, 0.1) is 0 Å². The zero-order valence-corrected chi connectivity index (χ0v) is 14.8. The van der Waals surface area contributed by atoms with Crippen molar-refractivity contribution in [2.75, 3.05) is 12.9 Å². The number of hydrogen-bond donors (Lipinski definition) is 2. The van der Waals surface area contributed by atoms with Crippen LogP contribution in [-0.2, 0) is 19.1 Å². The Bertz CT molecular complexity index is 722. The molecular formula is C16H18N2O6S. The Kier molecular flexibility index (Phi) is 5.68. The maximum atomic E-state index is 12.3. The number of carbonyl (C=O) groups excluding carboxylic acids is 4. The van der Waals surface area contributed by atoms with E-state index in [1.54, 1.807) is 31.2 Å². The summed E-state index contributed by atoms with van der Waals surface area (Å²) >= 11 is 1.23. The van der Waals surface area contributed by atoms with Crippen LogP contribution in [0.15, 0.2) is 29.2 Å². The van der Waals surface area contributed by atoms with Gasteiger partial charge in [0.2, 0.25) is 0 Å². The van der Waals surface area contributed by atoms with Gasteiger partial charge in [-0.2, -0.15) is 0 Å². The van der Waals surface area contributed by atoms with Gasteiger partial charge in [0, 0.05) is 10.6 Å². The lowest BCUT2D eigenvalue weighted by Gasteiger charge is -2.20. The van der Waals surface area contributed by atoms with Crippen molar-refractivity contribution in [2.45, 2.75) is 30.4 Å². The standard InChI is InChI=1S/C16H18N2O6S/c1-9(12(19)23-3)24-13(20)10-6-4-5-7-11(10)25-8-16(2)14(21)17-15(22)18-16/h4-7,9H,8H2,1-3H3,(H2,17,18,21,22)/t9-,16+/m1/s1. The second-order valence-corrected chi connectivity index (χ2v) is 6.61. The zero-order chi connectivity index (χ0) is 18.6. The molecule has 1 aliphatic rings. The first-order chi connectivity index (χ1) is 11.8. The van der Waals surface area contributed by atoms with Gasteiger partial charge in [-0.05, 0) is 26.0 Å². The molecule has 0 spiro atoms. The summed E-state index contributed by atoms with van der Waals surface area (Å²) in [5.41, 5.74) is -0.811. The second-order valence-electron chi connectivity index (χ2n) is 5.60.